The van der Waals surface area contributed by atoms with Crippen LogP contribution in [0.15, 0.2) is 88.7 Å². The molecule has 0 bridgehead atoms. The van der Waals surface area contributed by atoms with Crippen LogP contribution in [0.3, 0.4) is 0 Å². The zero-order valence-corrected chi connectivity index (χ0v) is 19.9. The zero-order valence-electron chi connectivity index (χ0n) is 18.3. The molecule has 1 aromatic heterocycles. The van der Waals surface area contributed by atoms with Crippen molar-refractivity contribution in [2.24, 2.45) is 0 Å². The maximum atomic E-state index is 13.4. The van der Waals surface area contributed by atoms with E-state index in [4.69, 9.17) is 4.18 Å². The summed E-state index contributed by atoms with van der Waals surface area (Å²) in [5.41, 5.74) is 1.13. The lowest BCUT2D eigenvalue weighted by Crippen LogP contribution is -2.25. The Hall–Kier alpha value is -3.67. The van der Waals surface area contributed by atoms with Gasteiger partial charge in [-0.3, -0.25) is 9.00 Å². The maximum absolute atomic E-state index is 13.4. The third-order valence-electron chi connectivity index (χ3n) is 5.06. The SMILES string of the molecule is Cc1ccc(S(=O)(=O)Oc2c(-c3ccc(CS(=O)[O-])cc3)cnn(-c3ccc(F)cc3)c2=O)cc1. The molecule has 0 saturated carbocycles. The lowest BCUT2D eigenvalue weighted by atomic mass is 10.1. The van der Waals surface area contributed by atoms with Crippen LogP contribution < -0.4 is 9.74 Å². The quantitative estimate of drug-likeness (QED) is 0.274. The molecular formula is C24H18FN2O6S2-. The molecule has 0 spiro atoms. The summed E-state index contributed by atoms with van der Waals surface area (Å²) in [7, 11) is -4.40. The molecule has 4 rings (SSSR count). The Morgan fingerprint density at radius 1 is 1.00 bits per heavy atom. The van der Waals surface area contributed by atoms with Crippen molar-refractivity contribution in [3.05, 3.63) is 106 Å². The van der Waals surface area contributed by atoms with E-state index in [2.05, 4.69) is 5.10 Å². The van der Waals surface area contributed by atoms with Crippen molar-refractivity contribution in [2.75, 3.05) is 0 Å². The van der Waals surface area contributed by atoms with Gasteiger partial charge in [-0.05, 0) is 54.4 Å². The molecule has 0 N–H and O–H groups in total. The summed E-state index contributed by atoms with van der Waals surface area (Å²) in [6.45, 7) is 1.80. The molecular weight excluding hydrogens is 495 g/mol. The highest BCUT2D eigenvalue weighted by atomic mass is 32.2. The molecule has 0 amide bonds. The van der Waals surface area contributed by atoms with Gasteiger partial charge in [-0.25, -0.2) is 4.39 Å². The van der Waals surface area contributed by atoms with E-state index in [9.17, 15) is 26.4 Å². The van der Waals surface area contributed by atoms with Gasteiger partial charge in [-0.15, -0.1) is 0 Å². The first-order valence-electron chi connectivity index (χ1n) is 10.2. The smallest absolute Gasteiger partial charge is 0.339 e. The van der Waals surface area contributed by atoms with Crippen LogP contribution in [0.1, 0.15) is 11.1 Å². The van der Waals surface area contributed by atoms with E-state index >= 15 is 0 Å². The van der Waals surface area contributed by atoms with Crippen LogP contribution >= 0.6 is 0 Å². The molecule has 35 heavy (non-hydrogen) atoms. The number of hydrogen-bond donors (Lipinski definition) is 0. The van der Waals surface area contributed by atoms with Crippen molar-refractivity contribution < 1.29 is 25.8 Å². The largest absolute Gasteiger partial charge is 0.772 e. The number of hydrogen-bond acceptors (Lipinski definition) is 7. The highest BCUT2D eigenvalue weighted by Crippen LogP contribution is 2.29. The van der Waals surface area contributed by atoms with Gasteiger partial charge in [0.1, 0.15) is 10.7 Å². The van der Waals surface area contributed by atoms with Crippen molar-refractivity contribution in [3.63, 3.8) is 0 Å². The lowest BCUT2D eigenvalue weighted by molar-refractivity contribution is 0.479. The monoisotopic (exact) mass is 513 g/mol. The van der Waals surface area contributed by atoms with Crippen LogP contribution in [0.4, 0.5) is 4.39 Å². The first kappa shape index (κ1) is 24.5. The number of benzene rings is 3. The fraction of sp³-hybridized carbons (Fsp3) is 0.0833. The fourth-order valence-electron chi connectivity index (χ4n) is 3.27. The number of aryl methyl sites for hydroxylation is 1. The normalized spacial score (nSPS) is 12.3. The first-order chi connectivity index (χ1) is 16.6. The van der Waals surface area contributed by atoms with Crippen LogP contribution in [0.25, 0.3) is 16.8 Å². The summed E-state index contributed by atoms with van der Waals surface area (Å²) < 4.78 is 67.6. The van der Waals surface area contributed by atoms with E-state index < -0.39 is 38.3 Å². The summed E-state index contributed by atoms with van der Waals surface area (Å²) >= 11 is -2.28. The fourth-order valence-corrected chi connectivity index (χ4v) is 4.68. The van der Waals surface area contributed by atoms with Crippen LogP contribution in [0.2, 0.25) is 0 Å². The van der Waals surface area contributed by atoms with E-state index in [0.29, 0.717) is 11.1 Å². The van der Waals surface area contributed by atoms with Crippen LogP contribution in [-0.2, 0) is 27.0 Å². The van der Waals surface area contributed by atoms with Crippen LogP contribution in [-0.4, -0.2) is 27.0 Å². The van der Waals surface area contributed by atoms with E-state index in [1.165, 1.54) is 54.7 Å². The van der Waals surface area contributed by atoms with Gasteiger partial charge in [0, 0.05) is 5.75 Å². The average molecular weight is 514 g/mol. The molecule has 0 saturated heterocycles. The highest BCUT2D eigenvalue weighted by molar-refractivity contribution is 7.87. The van der Waals surface area contributed by atoms with Crippen LogP contribution in [0.5, 0.6) is 5.75 Å². The minimum Gasteiger partial charge on any atom is -0.772 e. The molecule has 8 nitrogen and oxygen atoms in total. The van der Waals surface area contributed by atoms with Gasteiger partial charge in [0.2, 0.25) is 5.75 Å². The topological polar surface area (TPSA) is 118 Å². The first-order valence-corrected chi connectivity index (χ1v) is 12.8. The second kappa shape index (κ2) is 9.90. The second-order valence-corrected chi connectivity index (χ2v) is 10.0. The van der Waals surface area contributed by atoms with Gasteiger partial charge in [0.25, 0.3) is 0 Å². The molecule has 1 heterocycles. The van der Waals surface area contributed by atoms with E-state index in [1.54, 1.807) is 19.1 Å². The van der Waals surface area contributed by atoms with Crippen molar-refractivity contribution in [2.45, 2.75) is 17.6 Å². The summed E-state index contributed by atoms with van der Waals surface area (Å²) in [4.78, 5) is 13.2. The van der Waals surface area contributed by atoms with Crippen molar-refractivity contribution in [1.29, 1.82) is 0 Å². The van der Waals surface area contributed by atoms with E-state index in [1.807, 2.05) is 0 Å². The molecule has 0 aliphatic heterocycles. The van der Waals surface area contributed by atoms with Gasteiger partial charge in [-0.2, -0.15) is 18.2 Å². The lowest BCUT2D eigenvalue weighted by Gasteiger charge is -2.14. The number of aromatic nitrogens is 2. The standard InChI is InChI=1S/C24H19FN2O6S2/c1-16-2-12-21(13-3-16)35(31,32)33-23-22(18-6-4-17(5-7-18)15-34(29)30)14-26-27(24(23)28)20-10-8-19(25)9-11-20/h2-14H,15H2,1H3,(H,29,30)/p-1. The molecule has 1 atom stereocenters. The molecule has 0 aliphatic carbocycles. The Morgan fingerprint density at radius 2 is 1.63 bits per heavy atom. The third kappa shape index (κ3) is 5.53. The molecule has 0 fully saturated rings. The molecule has 0 radical (unpaired) electrons. The second-order valence-electron chi connectivity index (χ2n) is 7.58. The van der Waals surface area contributed by atoms with Gasteiger partial charge in [0.15, 0.2) is 0 Å². The summed E-state index contributed by atoms with van der Waals surface area (Å²) in [6.07, 6.45) is 1.26. The predicted molar refractivity (Wildman–Crippen MR) is 127 cm³/mol. The molecule has 3 aromatic carbocycles. The zero-order chi connectivity index (χ0) is 25.2. The highest BCUT2D eigenvalue weighted by Gasteiger charge is 2.24. The van der Waals surface area contributed by atoms with Crippen molar-refractivity contribution >= 4 is 21.2 Å². The molecule has 1 unspecified atom stereocenters. The molecule has 0 aliphatic rings. The minimum absolute atomic E-state index is 0.0823. The number of rotatable bonds is 7. The van der Waals surface area contributed by atoms with E-state index in [-0.39, 0.29) is 21.9 Å². The average Bonchev–Trinajstić information content (AvgIpc) is 2.81. The summed E-state index contributed by atoms with van der Waals surface area (Å²) in [5, 5.41) is 4.11. The maximum Gasteiger partial charge on any atom is 0.339 e. The van der Waals surface area contributed by atoms with Crippen molar-refractivity contribution in [3.8, 4) is 22.6 Å². The van der Waals surface area contributed by atoms with Gasteiger partial charge in [-0.1, -0.05) is 53.0 Å². The number of nitrogens with zero attached hydrogens (tertiary/aromatic N) is 2. The summed E-state index contributed by atoms with van der Waals surface area (Å²) in [5.74, 6) is -1.23. The molecule has 11 heteroatoms. The Morgan fingerprint density at radius 3 is 2.23 bits per heavy atom. The Balaban J connectivity index is 1.85. The third-order valence-corrected chi connectivity index (χ3v) is 6.86. The predicted octanol–water partition coefficient (Wildman–Crippen LogP) is 3.49. The van der Waals surface area contributed by atoms with Gasteiger partial charge >= 0.3 is 15.7 Å². The van der Waals surface area contributed by atoms with Gasteiger partial charge < -0.3 is 8.74 Å². The molecule has 4 aromatic rings. The number of halogens is 1. The Bertz CT molecular complexity index is 1550. The van der Waals surface area contributed by atoms with Crippen molar-refractivity contribution in [1.82, 2.24) is 9.78 Å². The van der Waals surface area contributed by atoms with Gasteiger partial charge in [0.05, 0.1) is 17.4 Å². The van der Waals surface area contributed by atoms with E-state index in [0.717, 1.165) is 22.4 Å². The molecule has 180 valence electrons. The Labute approximate surface area is 203 Å². The Kier molecular flexibility index (Phi) is 6.92. The summed E-state index contributed by atoms with van der Waals surface area (Å²) in [6, 6.07) is 17.0. The van der Waals surface area contributed by atoms with Crippen LogP contribution in [0, 0.1) is 12.7 Å². The minimum atomic E-state index is -4.40.